The number of carboxylic acid groups (broad SMARTS) is 1. The number of pyridine rings is 2. The van der Waals surface area contributed by atoms with Crippen molar-refractivity contribution in [2.75, 3.05) is 25.1 Å². The van der Waals surface area contributed by atoms with Crippen LogP contribution in [-0.2, 0) is 4.84 Å². The lowest BCUT2D eigenvalue weighted by Gasteiger charge is -2.20. The summed E-state index contributed by atoms with van der Waals surface area (Å²) in [5.74, 6) is -1.85. The highest BCUT2D eigenvalue weighted by molar-refractivity contribution is 5.94. The Morgan fingerprint density at radius 1 is 1.48 bits per heavy atom. The molecule has 0 saturated carbocycles. The third-order valence-corrected chi connectivity index (χ3v) is 4.65. The van der Waals surface area contributed by atoms with E-state index in [1.165, 1.54) is 13.3 Å². The van der Waals surface area contributed by atoms with Crippen molar-refractivity contribution >= 4 is 28.5 Å². The fourth-order valence-electron chi connectivity index (χ4n) is 3.25. The second-order valence-corrected chi connectivity index (χ2v) is 6.89. The van der Waals surface area contributed by atoms with E-state index >= 15 is 0 Å². The molecule has 3 heterocycles. The van der Waals surface area contributed by atoms with Crippen LogP contribution in [0.2, 0.25) is 0 Å². The molecule has 1 unspecified atom stereocenters. The lowest BCUT2D eigenvalue weighted by Crippen LogP contribution is -2.25. The van der Waals surface area contributed by atoms with Gasteiger partial charge in [-0.05, 0) is 19.9 Å². The molecule has 0 aliphatic carbocycles. The van der Waals surface area contributed by atoms with E-state index in [4.69, 9.17) is 4.84 Å². The molecule has 2 aromatic heterocycles. The molecule has 0 bridgehead atoms. The van der Waals surface area contributed by atoms with Crippen LogP contribution in [0.4, 0.5) is 10.2 Å². The fourth-order valence-corrected chi connectivity index (χ4v) is 3.25. The van der Waals surface area contributed by atoms with Crippen LogP contribution in [0.3, 0.4) is 0 Å². The number of nitrogens with zero attached hydrogens (tertiary/aromatic N) is 4. The summed E-state index contributed by atoms with van der Waals surface area (Å²) in [5, 5.41) is 13.2. The number of fused-ring (bicyclic) bond motifs is 1. The smallest absolute Gasteiger partial charge is 0.341 e. The van der Waals surface area contributed by atoms with E-state index in [1.54, 1.807) is 9.47 Å². The molecule has 0 aromatic carbocycles. The highest BCUT2D eigenvalue weighted by Gasteiger charge is 2.30. The Morgan fingerprint density at radius 3 is 2.78 bits per heavy atom. The maximum absolute atomic E-state index is 14.8. The average Bonchev–Trinajstić information content (AvgIpc) is 2.95. The number of halogens is 1. The zero-order valence-electron chi connectivity index (χ0n) is 15.6. The van der Waals surface area contributed by atoms with E-state index in [0.717, 1.165) is 11.8 Å². The molecule has 2 aromatic rings. The minimum Gasteiger partial charge on any atom is -0.477 e. The lowest BCUT2D eigenvalue weighted by molar-refractivity contribution is 0.0694. The number of anilines is 1. The molecule has 0 spiro atoms. The minimum absolute atomic E-state index is 0.0529. The van der Waals surface area contributed by atoms with Crippen LogP contribution < -0.4 is 10.3 Å². The summed E-state index contributed by atoms with van der Waals surface area (Å²) in [4.78, 5) is 34.8. The monoisotopic (exact) mass is 376 g/mol. The zero-order valence-corrected chi connectivity index (χ0v) is 15.6. The van der Waals surface area contributed by atoms with Gasteiger partial charge in [0.05, 0.1) is 17.6 Å². The Morgan fingerprint density at radius 2 is 2.19 bits per heavy atom. The summed E-state index contributed by atoms with van der Waals surface area (Å²) >= 11 is 0. The molecule has 0 radical (unpaired) electrons. The molecule has 8 nitrogen and oxygen atoms in total. The van der Waals surface area contributed by atoms with Crippen LogP contribution in [-0.4, -0.2) is 46.5 Å². The first-order valence-electron chi connectivity index (χ1n) is 8.58. The van der Waals surface area contributed by atoms with Gasteiger partial charge >= 0.3 is 5.97 Å². The summed E-state index contributed by atoms with van der Waals surface area (Å²) in [7, 11) is 1.46. The van der Waals surface area contributed by atoms with Crippen molar-refractivity contribution < 1.29 is 19.1 Å². The van der Waals surface area contributed by atoms with Crippen molar-refractivity contribution in [1.29, 1.82) is 0 Å². The third-order valence-electron chi connectivity index (χ3n) is 4.65. The van der Waals surface area contributed by atoms with Gasteiger partial charge in [-0.2, -0.15) is 0 Å². The molecular formula is C18H21FN4O4. The van der Waals surface area contributed by atoms with E-state index in [-0.39, 0.29) is 28.8 Å². The topological polar surface area (TPSA) is 97.0 Å². The van der Waals surface area contributed by atoms with Crippen molar-refractivity contribution in [3.63, 3.8) is 0 Å². The van der Waals surface area contributed by atoms with E-state index in [0.29, 0.717) is 13.1 Å². The molecule has 1 saturated heterocycles. The molecule has 1 aliphatic rings. The molecule has 27 heavy (non-hydrogen) atoms. The molecule has 1 N–H and O–H groups in total. The normalized spacial score (nSPS) is 18.7. The zero-order chi connectivity index (χ0) is 19.9. The number of hydrogen-bond acceptors (Lipinski definition) is 6. The van der Waals surface area contributed by atoms with Crippen LogP contribution in [0.15, 0.2) is 22.2 Å². The first kappa shape index (κ1) is 18.8. The number of carbonyl (C=O) groups is 1. The molecule has 1 atom stereocenters. The van der Waals surface area contributed by atoms with Crippen molar-refractivity contribution in [2.24, 2.45) is 11.1 Å². The van der Waals surface area contributed by atoms with Crippen molar-refractivity contribution in [3.05, 3.63) is 33.9 Å². The Balaban J connectivity index is 2.21. The third kappa shape index (κ3) is 3.24. The molecular weight excluding hydrogens is 355 g/mol. The van der Waals surface area contributed by atoms with Gasteiger partial charge in [-0.15, -0.1) is 0 Å². The molecule has 0 amide bonds. The Bertz CT molecular complexity index is 999. The van der Waals surface area contributed by atoms with Gasteiger partial charge in [0.25, 0.3) is 0 Å². The van der Waals surface area contributed by atoms with Crippen molar-refractivity contribution in [1.82, 2.24) is 9.55 Å². The largest absolute Gasteiger partial charge is 0.477 e. The SMILES string of the molecule is CO/N=C1\CN(c2nc3c(cc2F)c(=O)c(C(=O)O)cn3C(C)C)CC1C. The van der Waals surface area contributed by atoms with Gasteiger partial charge in [-0.25, -0.2) is 14.2 Å². The number of aromatic carboxylic acids is 1. The minimum atomic E-state index is -1.35. The first-order valence-corrected chi connectivity index (χ1v) is 8.58. The number of aromatic nitrogens is 2. The van der Waals surface area contributed by atoms with E-state index < -0.39 is 22.8 Å². The Hall–Kier alpha value is -2.97. The Labute approximate surface area is 154 Å². The van der Waals surface area contributed by atoms with Crippen LogP contribution in [0.1, 0.15) is 37.2 Å². The molecule has 3 rings (SSSR count). The molecule has 1 aliphatic heterocycles. The fraction of sp³-hybridized carbons (Fsp3) is 0.444. The first-order chi connectivity index (χ1) is 12.7. The van der Waals surface area contributed by atoms with Gasteiger partial charge in [-0.3, -0.25) is 4.79 Å². The van der Waals surface area contributed by atoms with Gasteiger partial charge in [-0.1, -0.05) is 12.1 Å². The van der Waals surface area contributed by atoms with Crippen LogP contribution in [0, 0.1) is 11.7 Å². The van der Waals surface area contributed by atoms with Crippen LogP contribution in [0.5, 0.6) is 0 Å². The number of rotatable bonds is 4. The van der Waals surface area contributed by atoms with Gasteiger partial charge in [0.2, 0.25) is 5.43 Å². The molecule has 144 valence electrons. The summed E-state index contributed by atoms with van der Waals surface area (Å²) in [6, 6.07) is 0.904. The molecule has 9 heteroatoms. The van der Waals surface area contributed by atoms with E-state index in [1.807, 2.05) is 20.8 Å². The number of carboxylic acids is 1. The summed E-state index contributed by atoms with van der Waals surface area (Å²) < 4.78 is 16.4. The quantitative estimate of drug-likeness (QED) is 0.822. The Kier molecular flexibility index (Phi) is 4.86. The molecule has 1 fully saturated rings. The maximum atomic E-state index is 14.8. The summed E-state index contributed by atoms with van der Waals surface area (Å²) in [6.07, 6.45) is 1.26. The second kappa shape index (κ2) is 6.98. The lowest BCUT2D eigenvalue weighted by atomic mass is 10.1. The highest BCUT2D eigenvalue weighted by atomic mass is 19.1. The van der Waals surface area contributed by atoms with E-state index in [2.05, 4.69) is 10.1 Å². The van der Waals surface area contributed by atoms with Gasteiger partial charge in [0.1, 0.15) is 18.3 Å². The van der Waals surface area contributed by atoms with Crippen LogP contribution in [0.25, 0.3) is 11.0 Å². The van der Waals surface area contributed by atoms with Gasteiger partial charge < -0.3 is 19.4 Å². The standard InChI is InChI=1S/C18H21FN4O4/c1-9(2)23-7-12(18(25)26)15(24)11-5-13(19)17(20-16(11)23)22-6-10(3)14(8-22)21-27-4/h5,7,9-10H,6,8H2,1-4H3,(H,25,26)/b21-14+. The highest BCUT2D eigenvalue weighted by Crippen LogP contribution is 2.27. The van der Waals surface area contributed by atoms with Crippen molar-refractivity contribution in [3.8, 4) is 0 Å². The predicted octanol–water partition coefficient (Wildman–Crippen LogP) is 2.27. The maximum Gasteiger partial charge on any atom is 0.341 e. The van der Waals surface area contributed by atoms with Crippen molar-refractivity contribution in [2.45, 2.75) is 26.8 Å². The number of oxime groups is 1. The second-order valence-electron chi connectivity index (χ2n) is 6.89. The van der Waals surface area contributed by atoms with E-state index in [9.17, 15) is 19.1 Å². The summed E-state index contributed by atoms with van der Waals surface area (Å²) in [6.45, 7) is 6.50. The average molecular weight is 376 g/mol. The summed E-state index contributed by atoms with van der Waals surface area (Å²) in [5.41, 5.74) is -0.124. The van der Waals surface area contributed by atoms with Gasteiger partial charge in [0, 0.05) is 24.7 Å². The van der Waals surface area contributed by atoms with Crippen LogP contribution >= 0.6 is 0 Å². The predicted molar refractivity (Wildman–Crippen MR) is 99.1 cm³/mol. The number of hydrogen-bond donors (Lipinski definition) is 1. The van der Waals surface area contributed by atoms with Gasteiger partial charge in [0.15, 0.2) is 11.6 Å².